The summed E-state index contributed by atoms with van der Waals surface area (Å²) in [7, 11) is 1.51. The first-order chi connectivity index (χ1) is 13.0. The van der Waals surface area contributed by atoms with Gasteiger partial charge in [0.2, 0.25) is 5.91 Å². The number of aliphatic hydroxyl groups is 1. The first kappa shape index (κ1) is 18.0. The minimum Gasteiger partial charge on any atom is -0.382 e. The second-order valence-electron chi connectivity index (χ2n) is 6.64. The number of aromatic amines is 1. The Morgan fingerprint density at radius 3 is 2.96 bits per heavy atom. The number of likely N-dealkylation sites (N-methyl/N-ethyl adjacent to an activating group) is 1. The lowest BCUT2D eigenvalue weighted by atomic mass is 9.99. The normalized spacial score (nSPS) is 17.9. The molecule has 2 atom stereocenters. The smallest absolute Gasteiger partial charge is 0.249 e. The first-order valence-electron chi connectivity index (χ1n) is 8.73. The molecule has 2 unspecified atom stereocenters. The number of nitrogens with zero attached hydrogens (tertiary/aromatic N) is 1. The molecule has 0 saturated carbocycles. The molecule has 1 aromatic heterocycles. The summed E-state index contributed by atoms with van der Waals surface area (Å²) in [5.74, 6) is -0.648. The van der Waals surface area contributed by atoms with Gasteiger partial charge in [0.25, 0.3) is 0 Å². The van der Waals surface area contributed by atoms with E-state index in [1.165, 1.54) is 19.2 Å². The van der Waals surface area contributed by atoms with E-state index in [9.17, 15) is 14.3 Å². The van der Waals surface area contributed by atoms with Crippen LogP contribution in [0.5, 0.6) is 0 Å². The number of aliphatic hydroxyl groups excluding tert-OH is 1. The standard InChI is InChI=1S/C20H20FN3O2S/c1-11-15-7-12(16-9-23-17-8-13(21)4-5-14(16)17)3-6-19(15)27-24(11)10-18(25)20(26)22-2/h3-9,11,18,23,25H,10H2,1-2H3,(H,22,26). The Bertz CT molecular complexity index is 1020. The van der Waals surface area contributed by atoms with Crippen molar-refractivity contribution in [3.05, 3.63) is 54.0 Å². The van der Waals surface area contributed by atoms with Gasteiger partial charge in [0.1, 0.15) is 11.9 Å². The number of β-amino-alcohol motifs (C(OH)–C–C–N with tert-alkyl or cyclic N) is 1. The molecule has 0 aliphatic carbocycles. The van der Waals surface area contributed by atoms with Gasteiger partial charge in [0.05, 0.1) is 0 Å². The van der Waals surface area contributed by atoms with E-state index in [4.69, 9.17) is 0 Å². The lowest BCUT2D eigenvalue weighted by Crippen LogP contribution is -2.39. The van der Waals surface area contributed by atoms with E-state index in [1.807, 2.05) is 16.6 Å². The van der Waals surface area contributed by atoms with E-state index in [0.29, 0.717) is 0 Å². The predicted octanol–water partition coefficient (Wildman–Crippen LogP) is 3.46. The van der Waals surface area contributed by atoms with Crippen LogP contribution in [0.1, 0.15) is 18.5 Å². The van der Waals surface area contributed by atoms with Gasteiger partial charge in [-0.15, -0.1) is 0 Å². The Morgan fingerprint density at radius 2 is 2.19 bits per heavy atom. The Labute approximate surface area is 160 Å². The van der Waals surface area contributed by atoms with E-state index in [0.717, 1.165) is 32.5 Å². The molecular formula is C20H20FN3O2S. The molecule has 0 radical (unpaired) electrons. The van der Waals surface area contributed by atoms with E-state index < -0.39 is 6.10 Å². The van der Waals surface area contributed by atoms with Gasteiger partial charge in [0.15, 0.2) is 0 Å². The molecule has 140 valence electrons. The van der Waals surface area contributed by atoms with Crippen LogP contribution in [0, 0.1) is 5.82 Å². The van der Waals surface area contributed by atoms with Crippen molar-refractivity contribution in [3.8, 4) is 11.1 Å². The zero-order chi connectivity index (χ0) is 19.1. The van der Waals surface area contributed by atoms with Crippen LogP contribution in [-0.4, -0.2) is 40.0 Å². The number of rotatable bonds is 4. The van der Waals surface area contributed by atoms with Crippen LogP contribution < -0.4 is 5.32 Å². The highest BCUT2D eigenvalue weighted by atomic mass is 32.2. The topological polar surface area (TPSA) is 68.4 Å². The highest BCUT2D eigenvalue weighted by molar-refractivity contribution is 7.97. The number of H-pyrrole nitrogens is 1. The number of halogens is 1. The van der Waals surface area contributed by atoms with Crippen LogP contribution in [0.15, 0.2) is 47.5 Å². The quantitative estimate of drug-likeness (QED) is 0.602. The Hall–Kier alpha value is -2.35. The van der Waals surface area contributed by atoms with Gasteiger partial charge in [-0.3, -0.25) is 4.79 Å². The van der Waals surface area contributed by atoms with Crippen LogP contribution in [-0.2, 0) is 4.79 Å². The average Bonchev–Trinajstić information content (AvgIpc) is 3.21. The summed E-state index contributed by atoms with van der Waals surface area (Å²) in [5, 5.41) is 13.5. The number of fused-ring (bicyclic) bond motifs is 2. The fourth-order valence-corrected chi connectivity index (χ4v) is 4.64. The predicted molar refractivity (Wildman–Crippen MR) is 105 cm³/mol. The fraction of sp³-hybridized carbons (Fsp3) is 0.250. The molecule has 27 heavy (non-hydrogen) atoms. The largest absolute Gasteiger partial charge is 0.382 e. The zero-order valence-electron chi connectivity index (χ0n) is 15.0. The van der Waals surface area contributed by atoms with Crippen molar-refractivity contribution in [1.82, 2.24) is 14.6 Å². The molecule has 0 bridgehead atoms. The van der Waals surface area contributed by atoms with Crippen molar-refractivity contribution >= 4 is 28.8 Å². The van der Waals surface area contributed by atoms with E-state index in [-0.39, 0.29) is 24.3 Å². The minimum absolute atomic E-state index is 0.0620. The van der Waals surface area contributed by atoms with E-state index >= 15 is 0 Å². The van der Waals surface area contributed by atoms with Gasteiger partial charge in [0, 0.05) is 47.2 Å². The highest BCUT2D eigenvalue weighted by Gasteiger charge is 2.31. The van der Waals surface area contributed by atoms with Crippen LogP contribution in [0.25, 0.3) is 22.0 Å². The second-order valence-corrected chi connectivity index (χ2v) is 7.73. The number of hydrogen-bond acceptors (Lipinski definition) is 4. The fourth-order valence-electron chi connectivity index (χ4n) is 3.44. The number of carbonyl (C=O) groups excluding carboxylic acids is 1. The van der Waals surface area contributed by atoms with Crippen molar-refractivity contribution in [1.29, 1.82) is 0 Å². The SMILES string of the molecule is CNC(=O)C(O)CN1Sc2ccc(-c3c[nH]c4cc(F)ccc34)cc2C1C. The number of nitrogens with one attached hydrogen (secondary N) is 2. The molecule has 3 N–H and O–H groups in total. The first-order valence-corrected chi connectivity index (χ1v) is 9.50. The molecule has 2 heterocycles. The summed E-state index contributed by atoms with van der Waals surface area (Å²) in [6.45, 7) is 2.31. The van der Waals surface area contributed by atoms with Crippen LogP contribution in [0.2, 0.25) is 0 Å². The molecule has 0 spiro atoms. The number of carbonyl (C=O) groups is 1. The molecule has 5 nitrogen and oxygen atoms in total. The van der Waals surface area contributed by atoms with Gasteiger partial charge in [-0.05, 0) is 60.3 Å². The van der Waals surface area contributed by atoms with Crippen molar-refractivity contribution < 1.29 is 14.3 Å². The van der Waals surface area contributed by atoms with Crippen LogP contribution in [0.3, 0.4) is 0 Å². The molecule has 3 aromatic rings. The summed E-state index contributed by atoms with van der Waals surface area (Å²) >= 11 is 1.55. The molecular weight excluding hydrogens is 365 g/mol. The van der Waals surface area contributed by atoms with Crippen LogP contribution >= 0.6 is 11.9 Å². The number of aromatic nitrogens is 1. The molecule has 1 aliphatic heterocycles. The van der Waals surface area contributed by atoms with Gasteiger partial charge in [-0.25, -0.2) is 8.70 Å². The molecule has 0 saturated heterocycles. The maximum Gasteiger partial charge on any atom is 0.249 e. The van der Waals surface area contributed by atoms with Crippen molar-refractivity contribution in [2.75, 3.05) is 13.6 Å². The van der Waals surface area contributed by atoms with Gasteiger partial charge < -0.3 is 15.4 Å². The lowest BCUT2D eigenvalue weighted by Gasteiger charge is -2.22. The molecule has 4 rings (SSSR count). The monoisotopic (exact) mass is 385 g/mol. The Kier molecular flexibility index (Phi) is 4.67. The molecule has 0 fully saturated rings. The van der Waals surface area contributed by atoms with Gasteiger partial charge >= 0.3 is 0 Å². The third-order valence-corrected chi connectivity index (χ3v) is 6.23. The molecule has 1 aliphatic rings. The maximum atomic E-state index is 13.4. The third kappa shape index (κ3) is 3.22. The number of hydrogen-bond donors (Lipinski definition) is 3. The van der Waals surface area contributed by atoms with Crippen molar-refractivity contribution in [2.24, 2.45) is 0 Å². The van der Waals surface area contributed by atoms with E-state index in [2.05, 4.69) is 29.4 Å². The van der Waals surface area contributed by atoms with Crippen molar-refractivity contribution in [2.45, 2.75) is 24.0 Å². The highest BCUT2D eigenvalue weighted by Crippen LogP contribution is 2.45. The average molecular weight is 385 g/mol. The van der Waals surface area contributed by atoms with Crippen LogP contribution in [0.4, 0.5) is 4.39 Å². The Morgan fingerprint density at radius 1 is 1.37 bits per heavy atom. The molecule has 7 heteroatoms. The third-order valence-electron chi connectivity index (χ3n) is 4.96. The summed E-state index contributed by atoms with van der Waals surface area (Å²) in [4.78, 5) is 15.8. The lowest BCUT2D eigenvalue weighted by molar-refractivity contribution is -0.129. The number of benzene rings is 2. The summed E-state index contributed by atoms with van der Waals surface area (Å²) in [6.07, 6.45) is 0.827. The minimum atomic E-state index is -1.07. The van der Waals surface area contributed by atoms with Gasteiger partial charge in [-0.2, -0.15) is 0 Å². The molecule has 1 amide bonds. The Balaban J connectivity index is 1.63. The summed E-state index contributed by atoms with van der Waals surface area (Å²) in [5.41, 5.74) is 3.99. The van der Waals surface area contributed by atoms with Gasteiger partial charge in [-0.1, -0.05) is 6.07 Å². The summed E-state index contributed by atoms with van der Waals surface area (Å²) in [6, 6.07) is 11.0. The molecule has 2 aromatic carbocycles. The summed E-state index contributed by atoms with van der Waals surface area (Å²) < 4.78 is 15.4. The zero-order valence-corrected chi connectivity index (χ0v) is 15.8. The number of amides is 1. The van der Waals surface area contributed by atoms with E-state index in [1.54, 1.807) is 18.0 Å². The van der Waals surface area contributed by atoms with Crippen molar-refractivity contribution in [3.63, 3.8) is 0 Å². The maximum absolute atomic E-state index is 13.4. The second kappa shape index (κ2) is 6.99.